The van der Waals surface area contributed by atoms with Crippen molar-refractivity contribution >= 4 is 5.91 Å². The molecule has 2 heterocycles. The lowest BCUT2D eigenvalue weighted by Crippen LogP contribution is -2.48. The van der Waals surface area contributed by atoms with Crippen molar-refractivity contribution in [3.63, 3.8) is 0 Å². The normalized spacial score (nSPS) is 18.2. The number of nitrogens with one attached hydrogen (secondary N) is 1. The van der Waals surface area contributed by atoms with Crippen LogP contribution < -0.4 is 5.32 Å². The minimum atomic E-state index is -0.189. The zero-order chi connectivity index (χ0) is 17.6. The highest BCUT2D eigenvalue weighted by molar-refractivity contribution is 5.93. The van der Waals surface area contributed by atoms with Crippen molar-refractivity contribution in [1.82, 2.24) is 15.2 Å². The summed E-state index contributed by atoms with van der Waals surface area (Å²) in [5.41, 5.74) is 1.48. The van der Waals surface area contributed by atoms with E-state index in [1.807, 2.05) is 30.3 Å². The monoisotopic (exact) mass is 343 g/mol. The number of likely N-dealkylation sites (tertiary alicyclic amines) is 1. The van der Waals surface area contributed by atoms with Gasteiger partial charge in [-0.3, -0.25) is 9.69 Å². The molecule has 0 spiro atoms. The van der Waals surface area contributed by atoms with Crippen LogP contribution in [0.15, 0.2) is 34.7 Å². The molecule has 1 aromatic heterocycles. The standard InChI is InChI=1S/C19H25N3O3/c1-14-17(25-19(20-14)15-7-4-3-5-8-15)18(23)21-16-9-6-10-22(13-16)11-12-24-2/h3-5,7-8,16H,6,9-13H2,1-2H3,(H,21,23). The van der Waals surface area contributed by atoms with Gasteiger partial charge in [-0.05, 0) is 38.4 Å². The molecule has 6 nitrogen and oxygen atoms in total. The summed E-state index contributed by atoms with van der Waals surface area (Å²) in [5.74, 6) is 0.590. The Kier molecular flexibility index (Phi) is 5.83. The topological polar surface area (TPSA) is 67.6 Å². The van der Waals surface area contributed by atoms with Gasteiger partial charge in [0.2, 0.25) is 11.7 Å². The lowest BCUT2D eigenvalue weighted by atomic mass is 10.1. The molecule has 25 heavy (non-hydrogen) atoms. The first-order valence-electron chi connectivity index (χ1n) is 8.72. The molecule has 0 aliphatic carbocycles. The molecular weight excluding hydrogens is 318 g/mol. The number of carbonyl (C=O) groups excluding carboxylic acids is 1. The summed E-state index contributed by atoms with van der Waals surface area (Å²) < 4.78 is 10.9. The van der Waals surface area contributed by atoms with Crippen molar-refractivity contribution in [2.24, 2.45) is 0 Å². The molecule has 0 radical (unpaired) electrons. The number of aryl methyl sites for hydroxylation is 1. The number of oxazole rings is 1. The number of amides is 1. The first-order chi connectivity index (χ1) is 12.2. The van der Waals surface area contributed by atoms with Crippen molar-refractivity contribution in [3.05, 3.63) is 41.8 Å². The number of nitrogens with zero attached hydrogens (tertiary/aromatic N) is 2. The van der Waals surface area contributed by atoms with Crippen LogP contribution in [0.25, 0.3) is 11.5 Å². The Morgan fingerprint density at radius 2 is 2.20 bits per heavy atom. The van der Waals surface area contributed by atoms with Crippen LogP contribution in [-0.4, -0.2) is 55.2 Å². The van der Waals surface area contributed by atoms with Gasteiger partial charge in [-0.2, -0.15) is 0 Å². The maximum Gasteiger partial charge on any atom is 0.289 e. The fraction of sp³-hybridized carbons (Fsp3) is 0.474. The van der Waals surface area contributed by atoms with Crippen LogP contribution >= 0.6 is 0 Å². The summed E-state index contributed by atoms with van der Waals surface area (Å²) in [6, 6.07) is 9.74. The van der Waals surface area contributed by atoms with Gasteiger partial charge in [0.25, 0.3) is 5.91 Å². The minimum absolute atomic E-state index is 0.128. The molecule has 134 valence electrons. The number of hydrogen-bond donors (Lipinski definition) is 1. The largest absolute Gasteiger partial charge is 0.431 e. The molecule has 1 fully saturated rings. The molecule has 1 aliphatic rings. The third-order valence-electron chi connectivity index (χ3n) is 4.48. The molecule has 1 N–H and O–H groups in total. The summed E-state index contributed by atoms with van der Waals surface area (Å²) in [6.45, 7) is 5.30. The number of aromatic nitrogens is 1. The summed E-state index contributed by atoms with van der Waals surface area (Å²) >= 11 is 0. The fourth-order valence-electron chi connectivity index (χ4n) is 3.16. The Balaban J connectivity index is 1.64. The van der Waals surface area contributed by atoms with E-state index < -0.39 is 0 Å². The predicted octanol–water partition coefficient (Wildman–Crippen LogP) is 2.49. The van der Waals surface area contributed by atoms with Gasteiger partial charge in [0, 0.05) is 31.8 Å². The molecule has 1 aliphatic heterocycles. The Morgan fingerprint density at radius 3 is 2.96 bits per heavy atom. The van der Waals surface area contributed by atoms with Gasteiger partial charge in [0.15, 0.2) is 0 Å². The van der Waals surface area contributed by atoms with E-state index >= 15 is 0 Å². The van der Waals surface area contributed by atoms with Crippen LogP contribution in [0.2, 0.25) is 0 Å². The van der Waals surface area contributed by atoms with Crippen LogP contribution in [0, 0.1) is 6.92 Å². The summed E-state index contributed by atoms with van der Waals surface area (Å²) in [6.07, 6.45) is 2.05. The van der Waals surface area contributed by atoms with E-state index in [-0.39, 0.29) is 11.9 Å². The summed E-state index contributed by atoms with van der Waals surface area (Å²) in [7, 11) is 1.71. The maximum atomic E-state index is 12.6. The van der Waals surface area contributed by atoms with E-state index in [0.717, 1.165) is 38.0 Å². The molecule has 1 aromatic carbocycles. The molecule has 1 atom stereocenters. The number of benzene rings is 1. The molecule has 0 saturated carbocycles. The lowest BCUT2D eigenvalue weighted by Gasteiger charge is -2.32. The van der Waals surface area contributed by atoms with E-state index in [0.29, 0.717) is 24.0 Å². The molecule has 1 saturated heterocycles. The average Bonchev–Trinajstić information content (AvgIpc) is 3.03. The van der Waals surface area contributed by atoms with Crippen LogP contribution in [0.1, 0.15) is 29.1 Å². The van der Waals surface area contributed by atoms with E-state index in [1.165, 1.54) is 0 Å². The highest BCUT2D eigenvalue weighted by atomic mass is 16.5. The quantitative estimate of drug-likeness (QED) is 0.873. The Labute approximate surface area is 148 Å². The third-order valence-corrected chi connectivity index (χ3v) is 4.48. The second kappa shape index (κ2) is 8.27. The smallest absolute Gasteiger partial charge is 0.289 e. The molecule has 6 heteroatoms. The number of carbonyl (C=O) groups is 1. The predicted molar refractivity (Wildman–Crippen MR) is 95.5 cm³/mol. The number of piperidine rings is 1. The highest BCUT2D eigenvalue weighted by Crippen LogP contribution is 2.22. The first-order valence-corrected chi connectivity index (χ1v) is 8.72. The van der Waals surface area contributed by atoms with Crippen molar-refractivity contribution < 1.29 is 13.9 Å². The number of rotatable bonds is 6. The van der Waals surface area contributed by atoms with Gasteiger partial charge in [0.05, 0.1) is 12.3 Å². The zero-order valence-corrected chi connectivity index (χ0v) is 14.8. The molecule has 1 amide bonds. The number of hydrogen-bond acceptors (Lipinski definition) is 5. The Hall–Kier alpha value is -2.18. The van der Waals surface area contributed by atoms with E-state index in [4.69, 9.17) is 9.15 Å². The second-order valence-electron chi connectivity index (χ2n) is 6.41. The zero-order valence-electron chi connectivity index (χ0n) is 14.8. The van der Waals surface area contributed by atoms with Crippen molar-refractivity contribution in [1.29, 1.82) is 0 Å². The minimum Gasteiger partial charge on any atom is -0.431 e. The lowest BCUT2D eigenvalue weighted by molar-refractivity contribution is 0.0853. The van der Waals surface area contributed by atoms with Crippen molar-refractivity contribution in [2.75, 3.05) is 33.4 Å². The molecule has 1 unspecified atom stereocenters. The fourth-order valence-corrected chi connectivity index (χ4v) is 3.16. The Bertz CT molecular complexity index is 699. The first kappa shape index (κ1) is 17.6. The van der Waals surface area contributed by atoms with Gasteiger partial charge in [0.1, 0.15) is 0 Å². The second-order valence-corrected chi connectivity index (χ2v) is 6.41. The average molecular weight is 343 g/mol. The van der Waals surface area contributed by atoms with Crippen molar-refractivity contribution in [3.8, 4) is 11.5 Å². The summed E-state index contributed by atoms with van der Waals surface area (Å²) in [4.78, 5) is 19.3. The van der Waals surface area contributed by atoms with E-state index in [1.54, 1.807) is 14.0 Å². The molecular formula is C19H25N3O3. The Morgan fingerprint density at radius 1 is 1.40 bits per heavy atom. The SMILES string of the molecule is COCCN1CCCC(NC(=O)c2oc(-c3ccccc3)nc2C)C1. The third kappa shape index (κ3) is 4.46. The van der Waals surface area contributed by atoms with E-state index in [9.17, 15) is 4.79 Å². The molecule has 3 rings (SSSR count). The van der Waals surface area contributed by atoms with Crippen LogP contribution in [0.3, 0.4) is 0 Å². The van der Waals surface area contributed by atoms with Gasteiger partial charge in [-0.1, -0.05) is 18.2 Å². The summed E-state index contributed by atoms with van der Waals surface area (Å²) in [5, 5.41) is 3.09. The van der Waals surface area contributed by atoms with Gasteiger partial charge in [-0.15, -0.1) is 0 Å². The number of methoxy groups -OCH3 is 1. The van der Waals surface area contributed by atoms with Crippen LogP contribution in [0.4, 0.5) is 0 Å². The molecule has 2 aromatic rings. The van der Waals surface area contributed by atoms with Gasteiger partial charge in [-0.25, -0.2) is 4.98 Å². The van der Waals surface area contributed by atoms with E-state index in [2.05, 4.69) is 15.2 Å². The van der Waals surface area contributed by atoms with Gasteiger partial charge < -0.3 is 14.5 Å². The van der Waals surface area contributed by atoms with Crippen LogP contribution in [-0.2, 0) is 4.74 Å². The highest BCUT2D eigenvalue weighted by Gasteiger charge is 2.24. The van der Waals surface area contributed by atoms with Crippen molar-refractivity contribution in [2.45, 2.75) is 25.8 Å². The maximum absolute atomic E-state index is 12.6. The van der Waals surface area contributed by atoms with Crippen LogP contribution in [0.5, 0.6) is 0 Å². The molecule has 0 bridgehead atoms. The number of ether oxygens (including phenoxy) is 1. The van der Waals surface area contributed by atoms with Gasteiger partial charge >= 0.3 is 0 Å².